The van der Waals surface area contributed by atoms with Gasteiger partial charge in [0.05, 0.1) is 0 Å². The first-order chi connectivity index (χ1) is 11.7. The molecule has 3 N–H and O–H groups in total. The third kappa shape index (κ3) is 5.21. The first-order valence-electron chi connectivity index (χ1n) is 8.95. The van der Waals surface area contributed by atoms with Crippen molar-refractivity contribution in [3.8, 4) is 0 Å². The van der Waals surface area contributed by atoms with E-state index in [1.165, 1.54) is 24.0 Å². The zero-order chi connectivity index (χ0) is 16.8. The molecule has 0 amide bonds. The molecule has 1 aliphatic carbocycles. The molecule has 25 heavy (non-hydrogen) atoms. The second-order valence-electron chi connectivity index (χ2n) is 6.96. The van der Waals surface area contributed by atoms with Gasteiger partial charge in [-0.15, -0.1) is 12.4 Å². The van der Waals surface area contributed by atoms with Crippen LogP contribution >= 0.6 is 24.0 Å². The van der Waals surface area contributed by atoms with E-state index in [0.717, 1.165) is 30.8 Å². The Balaban J connectivity index is 0.00000225. The maximum absolute atomic E-state index is 6.19. The molecule has 2 aromatic rings. The molecule has 2 aromatic carbocycles. The zero-order valence-electron chi connectivity index (χ0n) is 14.6. The average Bonchev–Trinajstić information content (AvgIpc) is 2.63. The summed E-state index contributed by atoms with van der Waals surface area (Å²) in [6, 6.07) is 19.5. The Morgan fingerprint density at radius 3 is 2.40 bits per heavy atom. The van der Waals surface area contributed by atoms with Crippen molar-refractivity contribution in [1.29, 1.82) is 0 Å². The van der Waals surface area contributed by atoms with Gasteiger partial charge < -0.3 is 11.1 Å². The van der Waals surface area contributed by atoms with Crippen LogP contribution in [0.25, 0.3) is 0 Å². The van der Waals surface area contributed by atoms with Crippen LogP contribution in [0, 0.1) is 0 Å². The summed E-state index contributed by atoms with van der Waals surface area (Å²) < 4.78 is 0. The van der Waals surface area contributed by atoms with Crippen molar-refractivity contribution in [1.82, 2.24) is 5.32 Å². The Bertz CT molecular complexity index is 637. The second kappa shape index (κ2) is 9.59. The van der Waals surface area contributed by atoms with Gasteiger partial charge in [-0.05, 0) is 61.9 Å². The van der Waals surface area contributed by atoms with Crippen LogP contribution in [0.4, 0.5) is 0 Å². The molecule has 0 aromatic heterocycles. The minimum absolute atomic E-state index is 0. The van der Waals surface area contributed by atoms with Crippen LogP contribution in [-0.4, -0.2) is 19.1 Å². The lowest BCUT2D eigenvalue weighted by molar-refractivity contribution is 0.252. The molecule has 2 nitrogen and oxygen atoms in total. The summed E-state index contributed by atoms with van der Waals surface area (Å²) >= 11 is 6.19. The van der Waals surface area contributed by atoms with E-state index in [2.05, 4.69) is 47.8 Å². The van der Waals surface area contributed by atoms with Gasteiger partial charge >= 0.3 is 0 Å². The molecule has 0 saturated heterocycles. The average molecular weight is 379 g/mol. The number of nitrogens with one attached hydrogen (secondary N) is 1. The molecule has 0 radical (unpaired) electrons. The van der Waals surface area contributed by atoms with Crippen LogP contribution in [0.5, 0.6) is 0 Å². The number of hydrogen-bond acceptors (Lipinski definition) is 2. The molecular weight excluding hydrogens is 351 g/mol. The van der Waals surface area contributed by atoms with Crippen LogP contribution in [0.3, 0.4) is 0 Å². The van der Waals surface area contributed by atoms with Crippen molar-refractivity contribution in [3.05, 3.63) is 70.7 Å². The quantitative estimate of drug-likeness (QED) is 0.761. The fraction of sp³-hybridized carbons (Fsp3) is 0.429. The Morgan fingerprint density at radius 1 is 1.04 bits per heavy atom. The molecule has 0 spiro atoms. The van der Waals surface area contributed by atoms with Crippen molar-refractivity contribution in [3.63, 3.8) is 0 Å². The summed E-state index contributed by atoms with van der Waals surface area (Å²) in [5, 5.41) is 4.54. The lowest BCUT2D eigenvalue weighted by Gasteiger charge is -2.40. The number of rotatable bonds is 6. The Morgan fingerprint density at radius 2 is 1.76 bits per heavy atom. The van der Waals surface area contributed by atoms with E-state index in [1.54, 1.807) is 0 Å². The van der Waals surface area contributed by atoms with Crippen LogP contribution < -0.4 is 11.1 Å². The van der Waals surface area contributed by atoms with Crippen molar-refractivity contribution in [2.24, 2.45) is 5.73 Å². The predicted octanol–water partition coefficient (Wildman–Crippen LogP) is 4.73. The third-order valence-corrected chi connectivity index (χ3v) is 5.70. The number of hydrogen-bond donors (Lipinski definition) is 2. The summed E-state index contributed by atoms with van der Waals surface area (Å²) in [4.78, 5) is 0. The fourth-order valence-corrected chi connectivity index (χ4v) is 4.06. The summed E-state index contributed by atoms with van der Waals surface area (Å²) in [5.74, 6) is 0. The first kappa shape index (κ1) is 20.3. The van der Waals surface area contributed by atoms with Crippen molar-refractivity contribution >= 4 is 24.0 Å². The molecule has 3 rings (SSSR count). The topological polar surface area (TPSA) is 38.0 Å². The van der Waals surface area contributed by atoms with Gasteiger partial charge in [-0.1, -0.05) is 54.1 Å². The molecule has 0 bridgehead atoms. The van der Waals surface area contributed by atoms with Crippen LogP contribution in [0.1, 0.15) is 36.8 Å². The highest BCUT2D eigenvalue weighted by Gasteiger charge is 2.35. The highest BCUT2D eigenvalue weighted by atomic mass is 35.5. The Labute approximate surface area is 162 Å². The molecule has 0 aliphatic heterocycles. The Hall–Kier alpha value is -1.06. The van der Waals surface area contributed by atoms with Crippen molar-refractivity contribution < 1.29 is 0 Å². The SMILES string of the molecule is Cl.NC[C@]1(c2cccc(Cl)c2)CC[C@@H](NCCc2ccccc2)CC1. The number of nitrogens with two attached hydrogens (primary N) is 1. The third-order valence-electron chi connectivity index (χ3n) is 5.46. The van der Waals surface area contributed by atoms with Gasteiger partial charge in [-0.25, -0.2) is 0 Å². The lowest BCUT2D eigenvalue weighted by atomic mass is 9.68. The molecular formula is C21H28Cl2N2. The van der Waals surface area contributed by atoms with E-state index in [1.807, 2.05) is 12.1 Å². The van der Waals surface area contributed by atoms with Crippen molar-refractivity contribution in [2.45, 2.75) is 43.6 Å². The van der Waals surface area contributed by atoms with Crippen molar-refractivity contribution in [2.75, 3.05) is 13.1 Å². The van der Waals surface area contributed by atoms with Gasteiger partial charge in [-0.3, -0.25) is 0 Å². The van der Waals surface area contributed by atoms with Crippen LogP contribution in [0.15, 0.2) is 54.6 Å². The zero-order valence-corrected chi connectivity index (χ0v) is 16.2. The number of halogens is 2. The highest BCUT2D eigenvalue weighted by molar-refractivity contribution is 6.30. The highest BCUT2D eigenvalue weighted by Crippen LogP contribution is 2.39. The van der Waals surface area contributed by atoms with E-state index in [0.29, 0.717) is 12.6 Å². The second-order valence-corrected chi connectivity index (χ2v) is 7.40. The summed E-state index contributed by atoms with van der Waals surface area (Å²) in [5.41, 5.74) is 8.98. The van der Waals surface area contributed by atoms with Crippen LogP contribution in [-0.2, 0) is 11.8 Å². The van der Waals surface area contributed by atoms with E-state index < -0.39 is 0 Å². The predicted molar refractivity (Wildman–Crippen MR) is 110 cm³/mol. The van der Waals surface area contributed by atoms with E-state index in [9.17, 15) is 0 Å². The van der Waals surface area contributed by atoms with E-state index in [4.69, 9.17) is 17.3 Å². The minimum Gasteiger partial charge on any atom is -0.330 e. The summed E-state index contributed by atoms with van der Waals surface area (Å²) in [6.07, 6.45) is 5.71. The number of benzene rings is 2. The lowest BCUT2D eigenvalue weighted by Crippen LogP contribution is -2.44. The minimum atomic E-state index is 0. The largest absolute Gasteiger partial charge is 0.330 e. The molecule has 0 heterocycles. The van der Waals surface area contributed by atoms with E-state index in [-0.39, 0.29) is 17.8 Å². The normalized spacial score (nSPS) is 23.0. The Kier molecular flexibility index (Phi) is 7.77. The maximum Gasteiger partial charge on any atom is 0.0408 e. The monoisotopic (exact) mass is 378 g/mol. The van der Waals surface area contributed by atoms with Gasteiger partial charge in [0.15, 0.2) is 0 Å². The van der Waals surface area contributed by atoms with Gasteiger partial charge in [0.25, 0.3) is 0 Å². The summed E-state index contributed by atoms with van der Waals surface area (Å²) in [7, 11) is 0. The molecule has 1 fully saturated rings. The standard InChI is InChI=1S/C21H27ClN2.ClH/c22-19-8-4-7-18(15-19)21(16-23)12-9-20(10-13-21)24-14-11-17-5-2-1-3-6-17;/h1-8,15,20,24H,9-14,16,23H2;1H/t20-,21+;. The molecule has 1 saturated carbocycles. The first-order valence-corrected chi connectivity index (χ1v) is 9.33. The van der Waals surface area contributed by atoms with Gasteiger partial charge in [0.1, 0.15) is 0 Å². The molecule has 1 aliphatic rings. The van der Waals surface area contributed by atoms with Gasteiger partial charge in [-0.2, -0.15) is 0 Å². The maximum atomic E-state index is 6.19. The van der Waals surface area contributed by atoms with Gasteiger partial charge in [0.2, 0.25) is 0 Å². The van der Waals surface area contributed by atoms with Crippen LogP contribution in [0.2, 0.25) is 5.02 Å². The molecule has 136 valence electrons. The fourth-order valence-electron chi connectivity index (χ4n) is 3.87. The smallest absolute Gasteiger partial charge is 0.0408 e. The molecule has 0 atom stereocenters. The van der Waals surface area contributed by atoms with Gasteiger partial charge in [0, 0.05) is 23.0 Å². The molecule has 0 unspecified atom stereocenters. The summed E-state index contributed by atoms with van der Waals surface area (Å²) in [6.45, 7) is 1.74. The molecule has 4 heteroatoms. The van der Waals surface area contributed by atoms with E-state index >= 15 is 0 Å².